The van der Waals surface area contributed by atoms with Crippen molar-refractivity contribution in [2.75, 3.05) is 26.1 Å². The summed E-state index contributed by atoms with van der Waals surface area (Å²) in [5, 5.41) is 0.754. The summed E-state index contributed by atoms with van der Waals surface area (Å²) in [7, 11) is 1.58. The Morgan fingerprint density at radius 2 is 2.22 bits per heavy atom. The Hall–Kier alpha value is -2.08. The molecule has 1 aromatic heterocycles. The minimum absolute atomic E-state index is 0.195. The Labute approximate surface area is 104 Å². The van der Waals surface area contributed by atoms with Gasteiger partial charge in [-0.3, -0.25) is 0 Å². The normalized spacial score (nSPS) is 17.7. The molecule has 6 nitrogen and oxygen atoms in total. The molecule has 1 aromatic carbocycles. The fourth-order valence-corrected chi connectivity index (χ4v) is 1.70. The van der Waals surface area contributed by atoms with Crippen molar-refractivity contribution in [3.8, 4) is 11.5 Å². The van der Waals surface area contributed by atoms with Crippen LogP contribution in [0.2, 0.25) is 0 Å². The first-order chi connectivity index (χ1) is 8.78. The fourth-order valence-electron chi connectivity index (χ4n) is 1.70. The number of epoxide rings is 1. The van der Waals surface area contributed by atoms with E-state index in [1.54, 1.807) is 19.2 Å². The van der Waals surface area contributed by atoms with Gasteiger partial charge in [0.15, 0.2) is 11.5 Å². The highest BCUT2D eigenvalue weighted by Crippen LogP contribution is 2.33. The van der Waals surface area contributed by atoms with E-state index in [9.17, 15) is 0 Å². The monoisotopic (exact) mass is 247 g/mol. The molecule has 0 spiro atoms. The highest BCUT2D eigenvalue weighted by Gasteiger charge is 2.24. The van der Waals surface area contributed by atoms with Gasteiger partial charge in [-0.1, -0.05) is 0 Å². The SMILES string of the molecule is COc1cc2c(N)ncnc2cc1OC[C@@H]1CO1. The molecule has 0 amide bonds. The maximum absolute atomic E-state index is 5.79. The number of ether oxygens (including phenoxy) is 3. The van der Waals surface area contributed by atoms with Gasteiger partial charge in [0.2, 0.25) is 0 Å². The minimum Gasteiger partial charge on any atom is -0.493 e. The average Bonchev–Trinajstić information content (AvgIpc) is 3.20. The smallest absolute Gasteiger partial charge is 0.163 e. The number of nitrogens with two attached hydrogens (primary N) is 1. The molecule has 1 atom stereocenters. The van der Waals surface area contributed by atoms with Crippen molar-refractivity contribution >= 4 is 16.7 Å². The first-order valence-corrected chi connectivity index (χ1v) is 5.60. The van der Waals surface area contributed by atoms with E-state index in [0.29, 0.717) is 23.9 Å². The van der Waals surface area contributed by atoms with Crippen molar-refractivity contribution < 1.29 is 14.2 Å². The van der Waals surface area contributed by atoms with Crippen LogP contribution in [0.25, 0.3) is 10.9 Å². The third-order valence-corrected chi connectivity index (χ3v) is 2.78. The van der Waals surface area contributed by atoms with Crippen molar-refractivity contribution in [3.63, 3.8) is 0 Å². The highest BCUT2D eigenvalue weighted by molar-refractivity contribution is 5.90. The lowest BCUT2D eigenvalue weighted by atomic mass is 10.2. The van der Waals surface area contributed by atoms with Gasteiger partial charge in [-0.25, -0.2) is 9.97 Å². The number of methoxy groups -OCH3 is 1. The van der Waals surface area contributed by atoms with Crippen LogP contribution in [0.15, 0.2) is 18.5 Å². The van der Waals surface area contributed by atoms with Crippen LogP contribution in [0.3, 0.4) is 0 Å². The van der Waals surface area contributed by atoms with E-state index < -0.39 is 0 Å². The van der Waals surface area contributed by atoms with Crippen molar-refractivity contribution in [3.05, 3.63) is 18.5 Å². The van der Waals surface area contributed by atoms with Gasteiger partial charge in [0.1, 0.15) is 24.9 Å². The number of hydrogen-bond donors (Lipinski definition) is 1. The van der Waals surface area contributed by atoms with Crippen LogP contribution in [0.4, 0.5) is 5.82 Å². The van der Waals surface area contributed by atoms with E-state index in [2.05, 4.69) is 9.97 Å². The molecule has 2 aromatic rings. The molecule has 0 radical (unpaired) electrons. The average molecular weight is 247 g/mol. The van der Waals surface area contributed by atoms with Gasteiger partial charge in [0.05, 0.1) is 19.2 Å². The number of hydrogen-bond acceptors (Lipinski definition) is 6. The van der Waals surface area contributed by atoms with Crippen LogP contribution in [0, 0.1) is 0 Å². The second-order valence-corrected chi connectivity index (χ2v) is 4.05. The van der Waals surface area contributed by atoms with Gasteiger partial charge in [0, 0.05) is 11.5 Å². The summed E-state index contributed by atoms with van der Waals surface area (Å²) in [6.07, 6.45) is 1.62. The molecule has 1 aliphatic rings. The van der Waals surface area contributed by atoms with Crippen molar-refractivity contribution in [1.29, 1.82) is 0 Å². The summed E-state index contributed by atoms with van der Waals surface area (Å²) >= 11 is 0. The van der Waals surface area contributed by atoms with Crippen LogP contribution < -0.4 is 15.2 Å². The van der Waals surface area contributed by atoms with E-state index in [4.69, 9.17) is 19.9 Å². The van der Waals surface area contributed by atoms with E-state index in [1.165, 1.54) is 6.33 Å². The van der Waals surface area contributed by atoms with Crippen LogP contribution in [-0.4, -0.2) is 36.4 Å². The van der Waals surface area contributed by atoms with Crippen LogP contribution in [-0.2, 0) is 4.74 Å². The molecule has 94 valence electrons. The molecule has 0 bridgehead atoms. The van der Waals surface area contributed by atoms with Crippen molar-refractivity contribution in [2.24, 2.45) is 0 Å². The zero-order chi connectivity index (χ0) is 12.5. The first kappa shape index (κ1) is 11.0. The number of nitrogen functional groups attached to an aromatic ring is 1. The van der Waals surface area contributed by atoms with Crippen molar-refractivity contribution in [2.45, 2.75) is 6.10 Å². The maximum Gasteiger partial charge on any atom is 0.163 e. The predicted molar refractivity (Wildman–Crippen MR) is 65.7 cm³/mol. The van der Waals surface area contributed by atoms with E-state index in [1.807, 2.05) is 0 Å². The molecule has 6 heteroatoms. The lowest BCUT2D eigenvalue weighted by Gasteiger charge is -2.11. The molecule has 0 unspecified atom stereocenters. The van der Waals surface area contributed by atoms with Gasteiger partial charge in [-0.15, -0.1) is 0 Å². The van der Waals surface area contributed by atoms with Gasteiger partial charge in [-0.05, 0) is 6.07 Å². The fraction of sp³-hybridized carbons (Fsp3) is 0.333. The number of anilines is 1. The van der Waals surface area contributed by atoms with E-state index in [0.717, 1.165) is 17.5 Å². The lowest BCUT2D eigenvalue weighted by molar-refractivity contribution is 0.252. The van der Waals surface area contributed by atoms with Crippen LogP contribution >= 0.6 is 0 Å². The Balaban J connectivity index is 2.00. The molecule has 1 fully saturated rings. The second kappa shape index (κ2) is 4.30. The van der Waals surface area contributed by atoms with Gasteiger partial charge >= 0.3 is 0 Å². The summed E-state index contributed by atoms with van der Waals surface area (Å²) in [6, 6.07) is 3.59. The summed E-state index contributed by atoms with van der Waals surface area (Å²) in [5.74, 6) is 1.68. The highest BCUT2D eigenvalue weighted by atomic mass is 16.6. The van der Waals surface area contributed by atoms with Crippen LogP contribution in [0.1, 0.15) is 0 Å². The van der Waals surface area contributed by atoms with Gasteiger partial charge < -0.3 is 19.9 Å². The zero-order valence-electron chi connectivity index (χ0n) is 9.92. The minimum atomic E-state index is 0.195. The molecule has 1 aliphatic heterocycles. The van der Waals surface area contributed by atoms with Gasteiger partial charge in [-0.2, -0.15) is 0 Å². The number of aromatic nitrogens is 2. The van der Waals surface area contributed by atoms with E-state index >= 15 is 0 Å². The Bertz CT molecular complexity index is 584. The number of rotatable bonds is 4. The molecule has 0 saturated carbocycles. The second-order valence-electron chi connectivity index (χ2n) is 4.05. The largest absolute Gasteiger partial charge is 0.493 e. The molecule has 2 heterocycles. The number of fused-ring (bicyclic) bond motifs is 1. The number of benzene rings is 1. The molecule has 1 saturated heterocycles. The third kappa shape index (κ3) is 2.02. The first-order valence-electron chi connectivity index (χ1n) is 5.60. The third-order valence-electron chi connectivity index (χ3n) is 2.78. The summed E-state index contributed by atoms with van der Waals surface area (Å²) in [5.41, 5.74) is 6.53. The van der Waals surface area contributed by atoms with Crippen molar-refractivity contribution in [1.82, 2.24) is 9.97 Å². The Morgan fingerprint density at radius 3 is 2.94 bits per heavy atom. The standard InChI is InChI=1S/C12H13N3O3/c1-16-10-2-8-9(14-6-15-12(8)13)3-11(10)18-5-7-4-17-7/h2-3,6-7H,4-5H2,1H3,(H2,13,14,15)/t7-/m0/s1. The molecular weight excluding hydrogens is 234 g/mol. The Kier molecular flexibility index (Phi) is 2.64. The lowest BCUT2D eigenvalue weighted by Crippen LogP contribution is -2.05. The molecular formula is C12H13N3O3. The summed E-state index contributed by atoms with van der Waals surface area (Å²) in [4.78, 5) is 8.11. The molecule has 2 N–H and O–H groups in total. The maximum atomic E-state index is 5.79. The van der Waals surface area contributed by atoms with Gasteiger partial charge in [0.25, 0.3) is 0 Å². The summed E-state index contributed by atoms with van der Waals surface area (Å²) < 4.78 is 16.0. The topological polar surface area (TPSA) is 82.8 Å². The molecule has 0 aliphatic carbocycles. The molecule has 18 heavy (non-hydrogen) atoms. The Morgan fingerprint density at radius 1 is 1.39 bits per heavy atom. The zero-order valence-corrected chi connectivity index (χ0v) is 9.92. The summed E-state index contributed by atoms with van der Waals surface area (Å²) in [6.45, 7) is 1.27. The molecule has 3 rings (SSSR count). The predicted octanol–water partition coefficient (Wildman–Crippen LogP) is 0.998. The van der Waals surface area contributed by atoms with E-state index in [-0.39, 0.29) is 6.10 Å². The van der Waals surface area contributed by atoms with Crippen LogP contribution in [0.5, 0.6) is 11.5 Å². The quantitative estimate of drug-likeness (QED) is 0.811. The number of nitrogens with zero attached hydrogens (tertiary/aromatic N) is 2.